The molecule has 1 aromatic heterocycles. The van der Waals surface area contributed by atoms with E-state index >= 15 is 0 Å². The Hall–Kier alpha value is -1.89. The van der Waals surface area contributed by atoms with Crippen LogP contribution >= 0.6 is 11.6 Å². The van der Waals surface area contributed by atoms with Crippen LogP contribution in [0.3, 0.4) is 0 Å². The number of aromatic nitrogens is 1. The molecule has 0 amide bonds. The van der Waals surface area contributed by atoms with Crippen molar-refractivity contribution in [1.29, 1.82) is 0 Å². The average Bonchev–Trinajstić information content (AvgIpc) is 2.28. The van der Waals surface area contributed by atoms with Gasteiger partial charge in [-0.25, -0.2) is 4.79 Å². The number of rotatable bonds is 4. The van der Waals surface area contributed by atoms with E-state index in [1.807, 2.05) is 0 Å². The second-order valence-corrected chi connectivity index (χ2v) is 3.23. The van der Waals surface area contributed by atoms with Crippen LogP contribution in [-0.2, 0) is 4.74 Å². The van der Waals surface area contributed by atoms with Gasteiger partial charge in [0.2, 0.25) is 11.6 Å². The number of methoxy groups -OCH3 is 1. The number of carbonyl (C=O) groups excluding carboxylic acids is 1. The van der Waals surface area contributed by atoms with Gasteiger partial charge in [0.25, 0.3) is 0 Å². The summed E-state index contributed by atoms with van der Waals surface area (Å²) in [6.07, 6.45) is 0. The first-order chi connectivity index (χ1) is 8.01. The number of ether oxygens (including phenoxy) is 2. The first kappa shape index (κ1) is 13.2. The molecule has 0 aromatic carbocycles. The minimum absolute atomic E-state index is 0.0488. The lowest BCUT2D eigenvalue weighted by atomic mass is 10.3. The summed E-state index contributed by atoms with van der Waals surface area (Å²) in [5, 5.41) is 10.7. The Labute approximate surface area is 101 Å². The van der Waals surface area contributed by atoms with E-state index in [2.05, 4.69) is 9.72 Å². The van der Waals surface area contributed by atoms with Gasteiger partial charge >= 0.3 is 11.7 Å². The quantitative estimate of drug-likeness (QED) is 0.466. The van der Waals surface area contributed by atoms with E-state index in [-0.39, 0.29) is 17.5 Å². The van der Waals surface area contributed by atoms with Gasteiger partial charge in [0, 0.05) is 6.07 Å². The van der Waals surface area contributed by atoms with Gasteiger partial charge in [-0.3, -0.25) is 10.1 Å². The van der Waals surface area contributed by atoms with E-state index in [0.29, 0.717) is 0 Å². The van der Waals surface area contributed by atoms with E-state index in [9.17, 15) is 14.9 Å². The molecule has 0 aliphatic carbocycles. The highest BCUT2D eigenvalue weighted by Crippen LogP contribution is 2.29. The molecule has 0 fully saturated rings. The van der Waals surface area contributed by atoms with Gasteiger partial charge < -0.3 is 9.47 Å². The van der Waals surface area contributed by atoms with Crippen LogP contribution in [0.2, 0.25) is 5.02 Å². The standard InChI is InChI=1S/C9H9ClN2O5/c1-3-17-9(13)7-6(12(14)15)4-5(10)8(11-7)16-2/h4H,3H2,1-2H3. The average molecular weight is 261 g/mol. The molecule has 0 N–H and O–H groups in total. The van der Waals surface area contributed by atoms with Crippen LogP contribution in [0.25, 0.3) is 0 Å². The number of carbonyl (C=O) groups is 1. The van der Waals surface area contributed by atoms with E-state index in [4.69, 9.17) is 16.3 Å². The Morgan fingerprint density at radius 2 is 2.29 bits per heavy atom. The molecule has 1 heterocycles. The van der Waals surface area contributed by atoms with Crippen LogP contribution in [0.1, 0.15) is 17.4 Å². The first-order valence-corrected chi connectivity index (χ1v) is 4.95. The van der Waals surface area contributed by atoms with Crippen molar-refractivity contribution in [3.63, 3.8) is 0 Å². The molecule has 0 bridgehead atoms. The van der Waals surface area contributed by atoms with Gasteiger partial charge in [0.15, 0.2) is 0 Å². The van der Waals surface area contributed by atoms with Gasteiger partial charge in [-0.2, -0.15) is 4.98 Å². The molecule has 0 atom stereocenters. The van der Waals surface area contributed by atoms with Crippen molar-refractivity contribution in [3.05, 3.63) is 26.9 Å². The summed E-state index contributed by atoms with van der Waals surface area (Å²) in [5.74, 6) is -0.963. The highest BCUT2D eigenvalue weighted by Gasteiger charge is 2.26. The monoisotopic (exact) mass is 260 g/mol. The molecule has 92 valence electrons. The Morgan fingerprint density at radius 3 is 2.76 bits per heavy atom. The summed E-state index contributed by atoms with van der Waals surface area (Å²) in [6.45, 7) is 1.67. The summed E-state index contributed by atoms with van der Waals surface area (Å²) in [4.78, 5) is 25.1. The summed E-state index contributed by atoms with van der Waals surface area (Å²) >= 11 is 5.68. The SMILES string of the molecule is CCOC(=O)c1nc(OC)c(Cl)cc1[N+](=O)[O-]. The van der Waals surface area contributed by atoms with Gasteiger partial charge in [0.05, 0.1) is 18.6 Å². The zero-order valence-electron chi connectivity index (χ0n) is 9.10. The Bertz CT molecular complexity index is 463. The second-order valence-electron chi connectivity index (χ2n) is 2.82. The van der Waals surface area contributed by atoms with E-state index < -0.39 is 22.3 Å². The number of halogens is 1. The number of hydrogen-bond acceptors (Lipinski definition) is 6. The lowest BCUT2D eigenvalue weighted by molar-refractivity contribution is -0.385. The Balaban J connectivity index is 3.33. The van der Waals surface area contributed by atoms with Crippen molar-refractivity contribution in [2.24, 2.45) is 0 Å². The molecule has 1 aromatic rings. The normalized spacial score (nSPS) is 9.82. The number of nitro groups is 1. The topological polar surface area (TPSA) is 91.6 Å². The number of nitrogens with zero attached hydrogens (tertiary/aromatic N) is 2. The van der Waals surface area contributed by atoms with Gasteiger partial charge in [0.1, 0.15) is 5.02 Å². The first-order valence-electron chi connectivity index (χ1n) is 4.57. The van der Waals surface area contributed by atoms with Crippen molar-refractivity contribution in [2.75, 3.05) is 13.7 Å². The summed E-state index contributed by atoms with van der Waals surface area (Å²) in [6, 6.07) is 1.000. The second kappa shape index (κ2) is 5.44. The van der Waals surface area contributed by atoms with Crippen LogP contribution in [0.5, 0.6) is 5.88 Å². The maximum absolute atomic E-state index is 11.5. The molecule has 0 aliphatic heterocycles. The third-order valence-electron chi connectivity index (χ3n) is 1.78. The molecule has 0 saturated carbocycles. The molecule has 7 nitrogen and oxygen atoms in total. The Kier molecular flexibility index (Phi) is 4.22. The maximum atomic E-state index is 11.5. The van der Waals surface area contributed by atoms with Gasteiger partial charge in [-0.05, 0) is 6.92 Å². The minimum atomic E-state index is -0.894. The van der Waals surface area contributed by atoms with Crippen molar-refractivity contribution >= 4 is 23.3 Å². The predicted molar refractivity (Wildman–Crippen MR) is 58.4 cm³/mol. The van der Waals surface area contributed by atoms with Crippen LogP contribution in [0.15, 0.2) is 6.07 Å². The number of esters is 1. The molecule has 17 heavy (non-hydrogen) atoms. The largest absolute Gasteiger partial charge is 0.480 e. The highest BCUT2D eigenvalue weighted by molar-refractivity contribution is 6.32. The summed E-state index contributed by atoms with van der Waals surface area (Å²) in [5.41, 5.74) is -0.952. The van der Waals surface area contributed by atoms with Crippen LogP contribution in [0, 0.1) is 10.1 Å². The minimum Gasteiger partial charge on any atom is -0.480 e. The van der Waals surface area contributed by atoms with Crippen LogP contribution in [-0.4, -0.2) is 29.6 Å². The zero-order valence-corrected chi connectivity index (χ0v) is 9.85. The molecular formula is C9H9ClN2O5. The smallest absolute Gasteiger partial charge is 0.364 e. The molecule has 0 spiro atoms. The predicted octanol–water partition coefficient (Wildman–Crippen LogP) is 1.83. The van der Waals surface area contributed by atoms with Crippen molar-refractivity contribution < 1.29 is 19.2 Å². The zero-order chi connectivity index (χ0) is 13.0. The molecule has 0 unspecified atom stereocenters. The van der Waals surface area contributed by atoms with E-state index in [0.717, 1.165) is 6.07 Å². The van der Waals surface area contributed by atoms with Crippen molar-refractivity contribution in [1.82, 2.24) is 4.98 Å². The third kappa shape index (κ3) is 2.82. The molecule has 8 heteroatoms. The van der Waals surface area contributed by atoms with Gasteiger partial charge in [-0.15, -0.1) is 0 Å². The molecule has 0 saturated heterocycles. The lowest BCUT2D eigenvalue weighted by Crippen LogP contribution is -2.11. The molecule has 1 rings (SSSR count). The highest BCUT2D eigenvalue weighted by atomic mass is 35.5. The fourth-order valence-electron chi connectivity index (χ4n) is 1.09. The van der Waals surface area contributed by atoms with Crippen molar-refractivity contribution in [3.8, 4) is 5.88 Å². The number of pyridine rings is 1. The van der Waals surface area contributed by atoms with Crippen LogP contribution < -0.4 is 4.74 Å². The van der Waals surface area contributed by atoms with E-state index in [1.165, 1.54) is 7.11 Å². The summed E-state index contributed by atoms with van der Waals surface area (Å²) < 4.78 is 9.43. The summed E-state index contributed by atoms with van der Waals surface area (Å²) in [7, 11) is 1.29. The third-order valence-corrected chi connectivity index (χ3v) is 2.05. The fourth-order valence-corrected chi connectivity index (χ4v) is 1.32. The Morgan fingerprint density at radius 1 is 1.65 bits per heavy atom. The molecule has 0 aliphatic rings. The van der Waals surface area contributed by atoms with Gasteiger partial charge in [-0.1, -0.05) is 11.6 Å². The van der Waals surface area contributed by atoms with Crippen LogP contribution in [0.4, 0.5) is 5.69 Å². The fraction of sp³-hybridized carbons (Fsp3) is 0.333. The maximum Gasteiger partial charge on any atom is 0.364 e. The number of hydrogen-bond donors (Lipinski definition) is 0. The van der Waals surface area contributed by atoms with E-state index in [1.54, 1.807) is 6.92 Å². The lowest BCUT2D eigenvalue weighted by Gasteiger charge is -2.05. The van der Waals surface area contributed by atoms with Crippen molar-refractivity contribution in [2.45, 2.75) is 6.92 Å². The molecular weight excluding hydrogens is 252 g/mol. The molecule has 0 radical (unpaired) electrons.